The van der Waals surface area contributed by atoms with Gasteiger partial charge in [0.15, 0.2) is 0 Å². The summed E-state index contributed by atoms with van der Waals surface area (Å²) in [5.74, 6) is -3.71. The lowest BCUT2D eigenvalue weighted by molar-refractivity contribution is -0.306. The molecule has 0 saturated carbocycles. The monoisotopic (exact) mass is 266 g/mol. The molecule has 0 unspecified atom stereocenters. The van der Waals surface area contributed by atoms with Crippen molar-refractivity contribution in [3.05, 3.63) is 22.4 Å². The minimum atomic E-state index is -5.04. The first-order valence-electron chi connectivity index (χ1n) is 4.41. The molecule has 1 amide bonds. The molecule has 0 aliphatic rings. The number of rotatable bonds is 4. The molecule has 0 spiro atoms. The quantitative estimate of drug-likeness (QED) is 0.868. The summed E-state index contributed by atoms with van der Waals surface area (Å²) in [4.78, 5) is 21.4. The third-order valence-corrected chi connectivity index (χ3v) is 2.81. The Morgan fingerprint density at radius 1 is 1.47 bits per heavy atom. The first kappa shape index (κ1) is 13.5. The number of carbonyl (C=O) groups is 2. The van der Waals surface area contributed by atoms with Crippen LogP contribution in [0, 0.1) is 0 Å². The molecule has 0 saturated heterocycles. The Morgan fingerprint density at radius 2 is 2.12 bits per heavy atom. The van der Waals surface area contributed by atoms with Crippen molar-refractivity contribution in [3.63, 3.8) is 0 Å². The third-order valence-electron chi connectivity index (χ3n) is 1.82. The molecule has 0 fully saturated rings. The summed E-state index contributed by atoms with van der Waals surface area (Å²) in [5, 5.41) is 13.6. The number of carbonyl (C=O) groups excluding carboxylic acids is 2. The van der Waals surface area contributed by atoms with Crippen LogP contribution < -0.4 is 10.4 Å². The van der Waals surface area contributed by atoms with E-state index in [2.05, 4.69) is 0 Å². The zero-order chi connectivity index (χ0) is 13.1. The van der Waals surface area contributed by atoms with Crippen molar-refractivity contribution in [3.8, 4) is 0 Å². The van der Waals surface area contributed by atoms with Gasteiger partial charge in [0.2, 0.25) is 0 Å². The van der Waals surface area contributed by atoms with Crippen molar-refractivity contribution >= 4 is 23.2 Å². The van der Waals surface area contributed by atoms with Crippen LogP contribution in [0.2, 0.25) is 0 Å². The first-order valence-corrected chi connectivity index (χ1v) is 5.29. The Labute approximate surface area is 98.1 Å². The van der Waals surface area contributed by atoms with Crippen molar-refractivity contribution < 1.29 is 27.9 Å². The molecule has 1 atom stereocenters. The molecule has 1 rings (SSSR count). The normalized spacial score (nSPS) is 13.1. The zero-order valence-electron chi connectivity index (χ0n) is 8.28. The lowest BCUT2D eigenvalue weighted by Gasteiger charge is -2.18. The number of carboxylic acids is 1. The minimum absolute atomic E-state index is 0.326. The van der Waals surface area contributed by atoms with E-state index in [4.69, 9.17) is 0 Å². The minimum Gasteiger partial charge on any atom is -0.550 e. The fourth-order valence-corrected chi connectivity index (χ4v) is 1.90. The van der Waals surface area contributed by atoms with Crippen LogP contribution in [0.3, 0.4) is 0 Å². The topological polar surface area (TPSA) is 69.2 Å². The van der Waals surface area contributed by atoms with Gasteiger partial charge in [-0.05, 0) is 11.4 Å². The summed E-state index contributed by atoms with van der Waals surface area (Å²) >= 11 is 1.05. The predicted octanol–water partition coefficient (Wildman–Crippen LogP) is 0.608. The van der Waals surface area contributed by atoms with Crippen LogP contribution in [0.5, 0.6) is 0 Å². The maximum atomic E-state index is 12.0. The number of aliphatic carboxylic acids is 1. The van der Waals surface area contributed by atoms with Crippen LogP contribution >= 0.6 is 11.3 Å². The molecule has 4 nitrogen and oxygen atoms in total. The predicted molar refractivity (Wildman–Crippen MR) is 50.9 cm³/mol. The van der Waals surface area contributed by atoms with Gasteiger partial charge in [-0.15, -0.1) is 11.3 Å². The highest BCUT2D eigenvalue weighted by molar-refractivity contribution is 7.10. The number of alkyl halides is 3. The molecule has 0 aliphatic carbocycles. The number of amides is 1. The second-order valence-corrected chi connectivity index (χ2v) is 4.09. The van der Waals surface area contributed by atoms with E-state index in [1.807, 2.05) is 0 Å². The molecule has 1 aromatic rings. The highest BCUT2D eigenvalue weighted by atomic mass is 32.1. The van der Waals surface area contributed by atoms with Gasteiger partial charge >= 0.3 is 12.1 Å². The second-order valence-electron chi connectivity index (χ2n) is 3.12. The van der Waals surface area contributed by atoms with Crippen LogP contribution in [-0.2, 0) is 9.59 Å². The molecule has 0 aromatic carbocycles. The van der Waals surface area contributed by atoms with E-state index in [0.29, 0.717) is 4.88 Å². The number of halogens is 3. The Hall–Kier alpha value is -1.57. The Kier molecular flexibility index (Phi) is 4.11. The van der Waals surface area contributed by atoms with Gasteiger partial charge in [0.25, 0.3) is 0 Å². The van der Waals surface area contributed by atoms with Gasteiger partial charge in [-0.3, -0.25) is 4.79 Å². The molecule has 94 valence electrons. The average Bonchev–Trinajstić information content (AvgIpc) is 2.66. The molecule has 1 N–H and O–H groups in total. The van der Waals surface area contributed by atoms with Gasteiger partial charge in [-0.25, -0.2) is 0 Å². The van der Waals surface area contributed by atoms with E-state index >= 15 is 0 Å². The maximum absolute atomic E-state index is 12.0. The molecule has 0 aliphatic heterocycles. The molecule has 0 radical (unpaired) electrons. The number of nitrogens with one attached hydrogen (secondary N) is 1. The van der Waals surface area contributed by atoms with E-state index in [1.54, 1.807) is 16.8 Å². The summed E-state index contributed by atoms with van der Waals surface area (Å²) in [6.45, 7) is 0. The van der Waals surface area contributed by atoms with Gasteiger partial charge in [-0.1, -0.05) is 6.07 Å². The van der Waals surface area contributed by atoms with Crippen molar-refractivity contribution in [1.29, 1.82) is 0 Å². The maximum Gasteiger partial charge on any atom is 0.471 e. The summed E-state index contributed by atoms with van der Waals surface area (Å²) < 4.78 is 36.1. The molecule has 8 heteroatoms. The van der Waals surface area contributed by atoms with Gasteiger partial charge in [0, 0.05) is 17.3 Å². The zero-order valence-corrected chi connectivity index (χ0v) is 9.10. The van der Waals surface area contributed by atoms with Crippen LogP contribution in [0.4, 0.5) is 13.2 Å². The van der Waals surface area contributed by atoms with Crippen LogP contribution in [0.1, 0.15) is 17.3 Å². The standard InChI is InChI=1S/C9H8F3NO3S/c10-9(11,12)8(16)13-5(4-7(14)15)6-2-1-3-17-6/h1-3,5H,4H2,(H,13,16)(H,14,15)/p-1/t5-/m0/s1. The van der Waals surface area contributed by atoms with Gasteiger partial charge < -0.3 is 15.2 Å². The molecule has 0 bridgehead atoms. The Balaban J connectivity index is 2.79. The smallest absolute Gasteiger partial charge is 0.471 e. The van der Waals surface area contributed by atoms with Gasteiger partial charge in [0.05, 0.1) is 6.04 Å². The second kappa shape index (κ2) is 5.17. The van der Waals surface area contributed by atoms with Crippen molar-refractivity contribution in [1.82, 2.24) is 5.32 Å². The Bertz CT molecular complexity index is 402. The average molecular weight is 266 g/mol. The fourth-order valence-electron chi connectivity index (χ4n) is 1.12. The van der Waals surface area contributed by atoms with Crippen molar-refractivity contribution in [2.45, 2.75) is 18.6 Å². The van der Waals surface area contributed by atoms with Crippen LogP contribution in [0.25, 0.3) is 0 Å². The molecular weight excluding hydrogens is 259 g/mol. The van der Waals surface area contributed by atoms with Crippen LogP contribution in [0.15, 0.2) is 17.5 Å². The summed E-state index contributed by atoms with van der Waals surface area (Å²) in [6.07, 6.45) is -5.75. The molecular formula is C9H7F3NO3S-. The van der Waals surface area contributed by atoms with Crippen molar-refractivity contribution in [2.24, 2.45) is 0 Å². The number of thiophene rings is 1. The highest BCUT2D eigenvalue weighted by Gasteiger charge is 2.40. The summed E-state index contributed by atoms with van der Waals surface area (Å²) in [6, 6.07) is 1.76. The first-order chi connectivity index (χ1) is 7.80. The number of hydrogen-bond donors (Lipinski definition) is 1. The molecule has 1 aromatic heterocycles. The molecule has 1 heterocycles. The fraction of sp³-hybridized carbons (Fsp3) is 0.333. The van der Waals surface area contributed by atoms with Crippen molar-refractivity contribution in [2.75, 3.05) is 0 Å². The lowest BCUT2D eigenvalue weighted by Crippen LogP contribution is -2.41. The summed E-state index contributed by atoms with van der Waals surface area (Å²) in [5.41, 5.74) is 0. The number of hydrogen-bond acceptors (Lipinski definition) is 4. The Morgan fingerprint density at radius 3 is 2.53 bits per heavy atom. The van der Waals surface area contributed by atoms with E-state index in [1.165, 1.54) is 6.07 Å². The summed E-state index contributed by atoms with van der Waals surface area (Å²) in [7, 11) is 0. The van der Waals surface area contributed by atoms with Crippen LogP contribution in [-0.4, -0.2) is 18.1 Å². The highest BCUT2D eigenvalue weighted by Crippen LogP contribution is 2.24. The molecule has 17 heavy (non-hydrogen) atoms. The van der Waals surface area contributed by atoms with E-state index in [9.17, 15) is 27.9 Å². The SMILES string of the molecule is O=C([O-])C[C@H](NC(=O)C(F)(F)F)c1cccs1. The third kappa shape index (κ3) is 4.06. The van der Waals surface area contributed by atoms with Gasteiger partial charge in [0.1, 0.15) is 0 Å². The largest absolute Gasteiger partial charge is 0.550 e. The van der Waals surface area contributed by atoms with Gasteiger partial charge in [-0.2, -0.15) is 13.2 Å². The van der Waals surface area contributed by atoms with E-state index in [0.717, 1.165) is 11.3 Å². The van der Waals surface area contributed by atoms with E-state index < -0.39 is 30.5 Å². The number of carboxylic acid groups (broad SMARTS) is 1. The lowest BCUT2D eigenvalue weighted by atomic mass is 10.1. The van der Waals surface area contributed by atoms with E-state index in [-0.39, 0.29) is 0 Å².